The van der Waals surface area contributed by atoms with Gasteiger partial charge in [-0.15, -0.1) is 0 Å². The number of nitrogens with one attached hydrogen (secondary N) is 1. The minimum Gasteiger partial charge on any atom is -0.464 e. The Morgan fingerprint density at radius 3 is 2.62 bits per heavy atom. The average Bonchev–Trinajstić information content (AvgIpc) is 3.06. The fourth-order valence-electron chi connectivity index (χ4n) is 2.12. The van der Waals surface area contributed by atoms with Gasteiger partial charge in [-0.05, 0) is 19.4 Å². The monoisotopic (exact) mass is 331 g/mol. The van der Waals surface area contributed by atoms with Crippen LogP contribution in [0.4, 0.5) is 0 Å². The third-order valence-corrected chi connectivity index (χ3v) is 3.30. The SMILES string of the molecule is CCOC(=O)C(Cc1ccccc1)NC(=O)c1coc(C(C)N)n1. The lowest BCUT2D eigenvalue weighted by atomic mass is 10.1. The van der Waals surface area contributed by atoms with Crippen molar-refractivity contribution in [3.63, 3.8) is 0 Å². The lowest BCUT2D eigenvalue weighted by Gasteiger charge is -2.16. The highest BCUT2D eigenvalue weighted by atomic mass is 16.5. The topological polar surface area (TPSA) is 107 Å². The molecule has 0 aliphatic heterocycles. The lowest BCUT2D eigenvalue weighted by molar-refractivity contribution is -0.145. The van der Waals surface area contributed by atoms with Crippen LogP contribution in [0.3, 0.4) is 0 Å². The van der Waals surface area contributed by atoms with Crippen LogP contribution in [0.1, 0.15) is 41.8 Å². The highest BCUT2D eigenvalue weighted by molar-refractivity contribution is 5.95. The van der Waals surface area contributed by atoms with E-state index in [0.717, 1.165) is 5.56 Å². The summed E-state index contributed by atoms with van der Waals surface area (Å²) >= 11 is 0. The number of esters is 1. The zero-order valence-electron chi connectivity index (χ0n) is 13.7. The molecule has 2 unspecified atom stereocenters. The summed E-state index contributed by atoms with van der Waals surface area (Å²) in [7, 11) is 0. The third-order valence-electron chi connectivity index (χ3n) is 3.30. The average molecular weight is 331 g/mol. The molecule has 0 aliphatic rings. The van der Waals surface area contributed by atoms with Crippen LogP contribution >= 0.6 is 0 Å². The van der Waals surface area contributed by atoms with Gasteiger partial charge in [0.25, 0.3) is 5.91 Å². The van der Waals surface area contributed by atoms with Crippen molar-refractivity contribution >= 4 is 11.9 Å². The van der Waals surface area contributed by atoms with E-state index in [1.165, 1.54) is 6.26 Å². The van der Waals surface area contributed by atoms with Gasteiger partial charge in [0.2, 0.25) is 5.89 Å². The van der Waals surface area contributed by atoms with E-state index in [9.17, 15) is 9.59 Å². The minimum absolute atomic E-state index is 0.0738. The number of nitrogens with two attached hydrogens (primary N) is 1. The molecular formula is C17H21N3O4. The second-order valence-electron chi connectivity index (χ2n) is 5.33. The van der Waals surface area contributed by atoms with Crippen molar-refractivity contribution in [1.82, 2.24) is 10.3 Å². The summed E-state index contributed by atoms with van der Waals surface area (Å²) in [5.41, 5.74) is 6.64. The van der Waals surface area contributed by atoms with Gasteiger partial charge >= 0.3 is 5.97 Å². The number of hydrogen-bond donors (Lipinski definition) is 2. The Morgan fingerprint density at radius 1 is 1.33 bits per heavy atom. The van der Waals surface area contributed by atoms with Gasteiger partial charge in [0.1, 0.15) is 12.3 Å². The summed E-state index contributed by atoms with van der Waals surface area (Å²) in [4.78, 5) is 28.5. The maximum atomic E-state index is 12.3. The van der Waals surface area contributed by atoms with Crippen LogP contribution < -0.4 is 11.1 Å². The number of hydrogen-bond acceptors (Lipinski definition) is 6. The first-order chi connectivity index (χ1) is 11.5. The number of rotatable bonds is 7. The molecule has 0 radical (unpaired) electrons. The Morgan fingerprint density at radius 2 is 2.04 bits per heavy atom. The van der Waals surface area contributed by atoms with Crippen LogP contribution in [0.5, 0.6) is 0 Å². The molecule has 0 aliphatic carbocycles. The summed E-state index contributed by atoms with van der Waals surface area (Å²) in [6, 6.07) is 8.14. The highest BCUT2D eigenvalue weighted by Gasteiger charge is 2.24. The van der Waals surface area contributed by atoms with E-state index in [0.29, 0.717) is 6.42 Å². The summed E-state index contributed by atoms with van der Waals surface area (Å²) in [5.74, 6) is -0.749. The highest BCUT2D eigenvalue weighted by Crippen LogP contribution is 2.10. The molecule has 1 aromatic carbocycles. The Balaban J connectivity index is 2.11. The maximum Gasteiger partial charge on any atom is 0.328 e. The quantitative estimate of drug-likeness (QED) is 0.746. The molecule has 7 heteroatoms. The molecule has 1 amide bonds. The zero-order valence-corrected chi connectivity index (χ0v) is 13.7. The van der Waals surface area contributed by atoms with E-state index < -0.39 is 24.0 Å². The van der Waals surface area contributed by atoms with Crippen molar-refractivity contribution in [3.05, 3.63) is 53.7 Å². The summed E-state index contributed by atoms with van der Waals surface area (Å²) in [6.45, 7) is 3.65. The molecule has 24 heavy (non-hydrogen) atoms. The predicted molar refractivity (Wildman–Crippen MR) is 87.1 cm³/mol. The van der Waals surface area contributed by atoms with E-state index >= 15 is 0 Å². The summed E-state index contributed by atoms with van der Waals surface area (Å²) in [6.07, 6.45) is 1.54. The molecule has 0 bridgehead atoms. The van der Waals surface area contributed by atoms with Gasteiger partial charge in [-0.25, -0.2) is 9.78 Å². The summed E-state index contributed by atoms with van der Waals surface area (Å²) in [5, 5.41) is 2.64. The fourth-order valence-corrected chi connectivity index (χ4v) is 2.12. The molecule has 0 spiro atoms. The zero-order chi connectivity index (χ0) is 17.5. The Labute approximate surface area is 140 Å². The van der Waals surface area contributed by atoms with Gasteiger partial charge in [-0.1, -0.05) is 30.3 Å². The fraction of sp³-hybridized carbons (Fsp3) is 0.353. The molecule has 2 atom stereocenters. The smallest absolute Gasteiger partial charge is 0.328 e. The van der Waals surface area contributed by atoms with E-state index in [1.807, 2.05) is 30.3 Å². The van der Waals surface area contributed by atoms with E-state index in [-0.39, 0.29) is 18.2 Å². The number of carbonyl (C=O) groups excluding carboxylic acids is 2. The van der Waals surface area contributed by atoms with Crippen LogP contribution in [-0.4, -0.2) is 29.5 Å². The largest absolute Gasteiger partial charge is 0.464 e. The Kier molecular flexibility index (Phi) is 6.08. The van der Waals surface area contributed by atoms with Gasteiger partial charge in [-0.2, -0.15) is 0 Å². The second kappa shape index (κ2) is 8.26. The first-order valence-electron chi connectivity index (χ1n) is 7.73. The van der Waals surface area contributed by atoms with Crippen molar-refractivity contribution in [3.8, 4) is 0 Å². The third kappa shape index (κ3) is 4.66. The molecule has 0 saturated heterocycles. The molecule has 128 valence electrons. The predicted octanol–water partition coefficient (Wildman–Crippen LogP) is 1.60. The van der Waals surface area contributed by atoms with Crippen molar-refractivity contribution in [2.45, 2.75) is 32.4 Å². The van der Waals surface area contributed by atoms with Gasteiger partial charge in [-0.3, -0.25) is 4.79 Å². The van der Waals surface area contributed by atoms with E-state index in [1.54, 1.807) is 13.8 Å². The van der Waals surface area contributed by atoms with Crippen LogP contribution in [0.2, 0.25) is 0 Å². The van der Waals surface area contributed by atoms with Crippen molar-refractivity contribution < 1.29 is 18.7 Å². The number of carbonyl (C=O) groups is 2. The lowest BCUT2D eigenvalue weighted by Crippen LogP contribution is -2.43. The number of benzene rings is 1. The maximum absolute atomic E-state index is 12.3. The Hall–Kier alpha value is -2.67. The second-order valence-corrected chi connectivity index (χ2v) is 5.33. The van der Waals surface area contributed by atoms with Crippen molar-refractivity contribution in [2.75, 3.05) is 6.61 Å². The normalized spacial score (nSPS) is 13.1. The number of amides is 1. The first kappa shape index (κ1) is 17.7. The molecule has 1 heterocycles. The molecule has 1 aromatic heterocycles. The van der Waals surface area contributed by atoms with E-state index in [2.05, 4.69) is 10.3 Å². The van der Waals surface area contributed by atoms with Crippen LogP contribution in [0.25, 0.3) is 0 Å². The molecule has 2 aromatic rings. The first-order valence-corrected chi connectivity index (χ1v) is 7.73. The Bertz CT molecular complexity index is 682. The van der Waals surface area contributed by atoms with E-state index in [4.69, 9.17) is 14.9 Å². The van der Waals surface area contributed by atoms with Gasteiger partial charge in [0.15, 0.2) is 5.69 Å². The minimum atomic E-state index is -0.810. The van der Waals surface area contributed by atoms with Crippen LogP contribution in [-0.2, 0) is 16.0 Å². The molecule has 2 rings (SSSR count). The molecule has 3 N–H and O–H groups in total. The molecule has 0 fully saturated rings. The standard InChI is InChI=1S/C17H21N3O4/c1-3-23-17(22)13(9-12-7-5-4-6-8-12)19-15(21)14-10-24-16(20-14)11(2)18/h4-8,10-11,13H,3,9,18H2,1-2H3,(H,19,21). The van der Waals surface area contributed by atoms with Crippen molar-refractivity contribution in [1.29, 1.82) is 0 Å². The number of ether oxygens (including phenoxy) is 1. The van der Waals surface area contributed by atoms with Crippen LogP contribution in [0, 0.1) is 0 Å². The van der Waals surface area contributed by atoms with Gasteiger partial charge < -0.3 is 20.2 Å². The number of nitrogens with zero attached hydrogens (tertiary/aromatic N) is 1. The van der Waals surface area contributed by atoms with Gasteiger partial charge in [0.05, 0.1) is 12.6 Å². The van der Waals surface area contributed by atoms with Crippen molar-refractivity contribution in [2.24, 2.45) is 5.73 Å². The number of aromatic nitrogens is 1. The molecule has 7 nitrogen and oxygen atoms in total. The number of oxazole rings is 1. The van der Waals surface area contributed by atoms with Gasteiger partial charge in [0, 0.05) is 6.42 Å². The molecule has 0 saturated carbocycles. The summed E-state index contributed by atoms with van der Waals surface area (Å²) < 4.78 is 10.2. The van der Waals surface area contributed by atoms with Crippen LogP contribution in [0.15, 0.2) is 41.0 Å². The molecular weight excluding hydrogens is 310 g/mol.